The summed E-state index contributed by atoms with van der Waals surface area (Å²) in [4.78, 5) is 29.9. The van der Waals surface area contributed by atoms with E-state index in [0.717, 1.165) is 11.0 Å². The number of aromatic nitrogens is 1. The average molecular weight is 324 g/mol. The molecule has 1 fully saturated rings. The minimum atomic E-state index is -1.26. The fraction of sp³-hybridized carbons (Fsp3) is 0.176. The number of benzene rings is 1. The Kier molecular flexibility index (Phi) is 3.73. The number of nitrogens with zero attached hydrogens (tertiary/aromatic N) is 3. The van der Waals surface area contributed by atoms with Crippen molar-refractivity contribution in [2.45, 2.75) is 19.0 Å². The topological polar surface area (TPSA) is 86.1 Å². The predicted molar refractivity (Wildman–Crippen MR) is 81.8 cm³/mol. The quantitative estimate of drug-likeness (QED) is 0.876. The number of urea groups is 1. The molecule has 2 heterocycles. The molecule has 1 atom stereocenters. The molecule has 1 N–H and O–H groups in total. The Balaban J connectivity index is 1.92. The minimum absolute atomic E-state index is 0.105. The lowest BCUT2D eigenvalue weighted by molar-refractivity contribution is -0.131. The Labute approximate surface area is 137 Å². The lowest BCUT2D eigenvalue weighted by atomic mass is 9.93. The number of hydrogen-bond acceptors (Lipinski definition) is 4. The summed E-state index contributed by atoms with van der Waals surface area (Å²) >= 11 is 0. The molecule has 0 saturated carbocycles. The van der Waals surface area contributed by atoms with E-state index in [1.807, 2.05) is 6.07 Å². The Morgan fingerprint density at radius 2 is 2.17 bits per heavy atom. The first-order valence-corrected chi connectivity index (χ1v) is 7.19. The summed E-state index contributed by atoms with van der Waals surface area (Å²) in [6.45, 7) is 1.33. The molecule has 1 aromatic carbocycles. The molecule has 1 aromatic heterocycles. The summed E-state index contributed by atoms with van der Waals surface area (Å²) in [7, 11) is 0. The van der Waals surface area contributed by atoms with Gasteiger partial charge in [-0.15, -0.1) is 0 Å². The average Bonchev–Trinajstić information content (AvgIpc) is 2.81. The summed E-state index contributed by atoms with van der Waals surface area (Å²) in [6.07, 6.45) is 3.06. The molecular formula is C17H13FN4O2. The van der Waals surface area contributed by atoms with Crippen LogP contribution in [0, 0.1) is 17.1 Å². The Morgan fingerprint density at radius 3 is 2.83 bits per heavy atom. The lowest BCUT2D eigenvalue weighted by Gasteiger charge is -2.21. The maximum absolute atomic E-state index is 13.9. The summed E-state index contributed by atoms with van der Waals surface area (Å²) in [6, 6.07) is 8.45. The van der Waals surface area contributed by atoms with Crippen molar-refractivity contribution < 1.29 is 14.0 Å². The minimum Gasteiger partial charge on any atom is -0.319 e. The lowest BCUT2D eigenvalue weighted by Crippen LogP contribution is -2.40. The number of nitriles is 1. The molecule has 0 bridgehead atoms. The maximum Gasteiger partial charge on any atom is 0.325 e. The van der Waals surface area contributed by atoms with Gasteiger partial charge in [0.15, 0.2) is 0 Å². The van der Waals surface area contributed by atoms with Crippen molar-refractivity contribution in [2.24, 2.45) is 0 Å². The van der Waals surface area contributed by atoms with Gasteiger partial charge < -0.3 is 5.32 Å². The second kappa shape index (κ2) is 5.74. The third-order valence-electron chi connectivity index (χ3n) is 4.02. The molecule has 0 spiro atoms. The summed E-state index contributed by atoms with van der Waals surface area (Å²) in [5.41, 5.74) is -0.354. The number of carbonyl (C=O) groups excluding carboxylic acids is 2. The summed E-state index contributed by atoms with van der Waals surface area (Å²) in [5.74, 6) is -1.08. The molecule has 1 aliphatic heterocycles. The number of imide groups is 1. The van der Waals surface area contributed by atoms with Gasteiger partial charge in [-0.1, -0.05) is 6.07 Å². The molecule has 120 valence electrons. The normalized spacial score (nSPS) is 20.0. The van der Waals surface area contributed by atoms with Gasteiger partial charge in [0.2, 0.25) is 0 Å². The van der Waals surface area contributed by atoms with Crippen LogP contribution in [0.25, 0.3) is 0 Å². The Hall–Kier alpha value is -3.27. The van der Waals surface area contributed by atoms with Crippen molar-refractivity contribution in [1.82, 2.24) is 15.2 Å². The molecule has 7 heteroatoms. The summed E-state index contributed by atoms with van der Waals surface area (Å²) in [5, 5.41) is 11.5. The van der Waals surface area contributed by atoms with Gasteiger partial charge in [0.25, 0.3) is 5.91 Å². The fourth-order valence-electron chi connectivity index (χ4n) is 2.63. The van der Waals surface area contributed by atoms with Crippen molar-refractivity contribution in [3.8, 4) is 6.07 Å². The highest BCUT2D eigenvalue weighted by Crippen LogP contribution is 2.29. The monoisotopic (exact) mass is 324 g/mol. The van der Waals surface area contributed by atoms with Crippen LogP contribution in [0.3, 0.4) is 0 Å². The molecule has 3 rings (SSSR count). The first kappa shape index (κ1) is 15.6. The van der Waals surface area contributed by atoms with Gasteiger partial charge in [-0.25, -0.2) is 9.18 Å². The van der Waals surface area contributed by atoms with Crippen LogP contribution < -0.4 is 5.32 Å². The van der Waals surface area contributed by atoms with Crippen LogP contribution >= 0.6 is 0 Å². The van der Waals surface area contributed by atoms with Crippen molar-refractivity contribution >= 4 is 11.9 Å². The van der Waals surface area contributed by atoms with E-state index in [1.54, 1.807) is 25.3 Å². The van der Waals surface area contributed by atoms with Crippen LogP contribution in [-0.2, 0) is 16.9 Å². The maximum atomic E-state index is 13.9. The number of halogens is 1. The highest BCUT2D eigenvalue weighted by atomic mass is 19.1. The van der Waals surface area contributed by atoms with Gasteiger partial charge >= 0.3 is 6.03 Å². The smallest absolute Gasteiger partial charge is 0.319 e. The van der Waals surface area contributed by atoms with Gasteiger partial charge in [0, 0.05) is 23.5 Å². The standard InChI is InChI=1S/C17H13FN4O2/c1-17(13-3-2-6-20-9-13)15(23)22(16(24)21-17)10-12-7-11(8-19)4-5-14(12)18/h2-7,9H,10H2,1H3,(H,21,24)/t17-/m1/s1. The highest BCUT2D eigenvalue weighted by molar-refractivity contribution is 6.07. The Bertz CT molecular complexity index is 863. The molecular weight excluding hydrogens is 311 g/mol. The van der Waals surface area contributed by atoms with Gasteiger partial charge in [0.05, 0.1) is 18.2 Å². The molecule has 1 aliphatic rings. The van der Waals surface area contributed by atoms with Crippen LogP contribution in [0.15, 0.2) is 42.7 Å². The van der Waals surface area contributed by atoms with E-state index in [0.29, 0.717) is 5.56 Å². The highest BCUT2D eigenvalue weighted by Gasteiger charge is 2.49. The number of rotatable bonds is 3. The van der Waals surface area contributed by atoms with Crippen LogP contribution in [0.1, 0.15) is 23.6 Å². The van der Waals surface area contributed by atoms with Crippen molar-refractivity contribution in [2.75, 3.05) is 0 Å². The zero-order valence-corrected chi connectivity index (χ0v) is 12.8. The first-order chi connectivity index (χ1) is 11.5. The van der Waals surface area contributed by atoms with Crippen LogP contribution in [-0.4, -0.2) is 21.8 Å². The van der Waals surface area contributed by atoms with Crippen molar-refractivity contribution in [1.29, 1.82) is 5.26 Å². The molecule has 3 amide bonds. The van der Waals surface area contributed by atoms with Crippen molar-refractivity contribution in [3.63, 3.8) is 0 Å². The van der Waals surface area contributed by atoms with E-state index in [9.17, 15) is 14.0 Å². The number of amides is 3. The van der Waals surface area contributed by atoms with E-state index in [-0.39, 0.29) is 17.7 Å². The van der Waals surface area contributed by atoms with E-state index in [4.69, 9.17) is 5.26 Å². The number of hydrogen-bond donors (Lipinski definition) is 1. The zero-order valence-electron chi connectivity index (χ0n) is 12.8. The van der Waals surface area contributed by atoms with Crippen LogP contribution in [0.5, 0.6) is 0 Å². The SMILES string of the molecule is C[C@]1(c2cccnc2)NC(=O)N(Cc2cc(C#N)ccc2F)C1=O. The largest absolute Gasteiger partial charge is 0.325 e. The molecule has 1 saturated heterocycles. The molecule has 6 nitrogen and oxygen atoms in total. The molecule has 0 aliphatic carbocycles. The second-order valence-electron chi connectivity index (χ2n) is 5.61. The number of pyridine rings is 1. The second-order valence-corrected chi connectivity index (χ2v) is 5.61. The van der Waals surface area contributed by atoms with Gasteiger partial charge in [-0.05, 0) is 31.2 Å². The molecule has 0 unspecified atom stereocenters. The fourth-order valence-corrected chi connectivity index (χ4v) is 2.63. The molecule has 2 aromatic rings. The van der Waals surface area contributed by atoms with Gasteiger partial charge in [-0.2, -0.15) is 5.26 Å². The third kappa shape index (κ3) is 2.48. The van der Waals surface area contributed by atoms with E-state index in [2.05, 4.69) is 10.3 Å². The van der Waals surface area contributed by atoms with Gasteiger partial charge in [0.1, 0.15) is 11.4 Å². The van der Waals surface area contributed by atoms with E-state index >= 15 is 0 Å². The predicted octanol–water partition coefficient (Wildman–Crippen LogP) is 2.06. The number of carbonyl (C=O) groups is 2. The third-order valence-corrected chi connectivity index (χ3v) is 4.02. The van der Waals surface area contributed by atoms with E-state index in [1.165, 1.54) is 18.3 Å². The zero-order chi connectivity index (χ0) is 17.3. The van der Waals surface area contributed by atoms with Crippen LogP contribution in [0.4, 0.5) is 9.18 Å². The first-order valence-electron chi connectivity index (χ1n) is 7.19. The number of nitrogens with one attached hydrogen (secondary N) is 1. The van der Waals surface area contributed by atoms with Crippen molar-refractivity contribution in [3.05, 3.63) is 65.2 Å². The van der Waals surface area contributed by atoms with Gasteiger partial charge in [-0.3, -0.25) is 14.7 Å². The van der Waals surface area contributed by atoms with E-state index < -0.39 is 23.3 Å². The molecule has 24 heavy (non-hydrogen) atoms. The Morgan fingerprint density at radius 1 is 1.38 bits per heavy atom. The summed E-state index contributed by atoms with van der Waals surface area (Å²) < 4.78 is 13.9. The van der Waals surface area contributed by atoms with Crippen LogP contribution in [0.2, 0.25) is 0 Å². The molecule has 0 radical (unpaired) electrons.